The molecule has 0 heterocycles. The molecule has 0 aliphatic carbocycles. The second-order valence-corrected chi connectivity index (χ2v) is 6.70. The first-order valence-electron chi connectivity index (χ1n) is 9.86. The zero-order valence-electron chi connectivity index (χ0n) is 19.6. The summed E-state index contributed by atoms with van der Waals surface area (Å²) >= 11 is 0. The number of anilines is 2. The Morgan fingerprint density at radius 3 is 1.94 bits per heavy atom. The molecule has 2 rings (SSSR count). The number of hydrogen-bond acceptors (Lipinski definition) is 8. The number of esters is 1. The van der Waals surface area contributed by atoms with Crippen LogP contribution in [0, 0.1) is 0 Å². The molecule has 0 spiro atoms. The van der Waals surface area contributed by atoms with E-state index in [9.17, 15) is 23.2 Å². The van der Waals surface area contributed by atoms with Crippen LogP contribution in [0.5, 0.6) is 23.0 Å². The highest BCUT2D eigenvalue weighted by atomic mass is 19.3. The Morgan fingerprint density at radius 2 is 1.43 bits per heavy atom. The minimum absolute atomic E-state index is 0.0141. The van der Waals surface area contributed by atoms with Gasteiger partial charge in [0.05, 0.1) is 46.8 Å². The number of ether oxygens (including phenoxy) is 5. The summed E-state index contributed by atoms with van der Waals surface area (Å²) < 4.78 is 52.5. The minimum atomic E-state index is -4.43. The van der Waals surface area contributed by atoms with Crippen LogP contribution >= 0.6 is 0 Å². The van der Waals surface area contributed by atoms with E-state index in [1.807, 2.05) is 5.32 Å². The Labute approximate surface area is 199 Å². The van der Waals surface area contributed by atoms with Crippen LogP contribution < -0.4 is 29.6 Å². The molecule has 2 N–H and O–H groups in total. The van der Waals surface area contributed by atoms with Crippen LogP contribution in [0.4, 0.5) is 20.2 Å². The number of halogens is 2. The van der Waals surface area contributed by atoms with E-state index in [0.29, 0.717) is 22.8 Å². The summed E-state index contributed by atoms with van der Waals surface area (Å²) in [5, 5.41) is 4.43. The summed E-state index contributed by atoms with van der Waals surface area (Å²) in [7, 11) is 6.36. The molecule has 0 bridgehead atoms. The molecule has 0 saturated carbocycles. The van der Waals surface area contributed by atoms with Crippen molar-refractivity contribution in [2.75, 3.05) is 46.2 Å². The Morgan fingerprint density at radius 1 is 0.829 bits per heavy atom. The number of nitrogens with one attached hydrogen (secondary N) is 2. The summed E-state index contributed by atoms with van der Waals surface area (Å²) in [6, 6.07) is 7.17. The van der Waals surface area contributed by atoms with Crippen molar-refractivity contribution in [2.24, 2.45) is 0 Å². The fourth-order valence-electron chi connectivity index (χ4n) is 2.84. The van der Waals surface area contributed by atoms with Gasteiger partial charge in [0.15, 0.2) is 0 Å². The molecule has 10 nitrogen and oxygen atoms in total. The first-order valence-corrected chi connectivity index (χ1v) is 9.86. The maximum Gasteiger partial charge on any atom is 0.419 e. The van der Waals surface area contributed by atoms with E-state index in [1.54, 1.807) is 12.1 Å². The van der Waals surface area contributed by atoms with E-state index >= 15 is 0 Å². The van der Waals surface area contributed by atoms with E-state index in [2.05, 4.69) is 10.1 Å². The van der Waals surface area contributed by atoms with Crippen LogP contribution in [0.25, 0.3) is 6.08 Å². The second-order valence-electron chi connectivity index (χ2n) is 6.70. The summed E-state index contributed by atoms with van der Waals surface area (Å²) in [5.41, 5.74) is 0.408. The van der Waals surface area contributed by atoms with Crippen LogP contribution in [0.3, 0.4) is 0 Å². The molecule has 0 unspecified atom stereocenters. The largest absolute Gasteiger partial charge is 0.496 e. The number of benzene rings is 2. The second kappa shape index (κ2) is 11.7. The first kappa shape index (κ1) is 26.9. The fraction of sp³-hybridized carbons (Fsp3) is 0.261. The van der Waals surface area contributed by atoms with Gasteiger partial charge in [0.25, 0.3) is 0 Å². The molecular formula is C23H24F2N2O8. The van der Waals surface area contributed by atoms with Gasteiger partial charge in [-0.25, -0.2) is 4.79 Å². The fourth-order valence-corrected chi connectivity index (χ4v) is 2.84. The highest BCUT2D eigenvalue weighted by molar-refractivity contribution is 6.11. The first-order chi connectivity index (χ1) is 16.6. The molecule has 0 aromatic heterocycles. The van der Waals surface area contributed by atoms with Crippen molar-refractivity contribution in [3.05, 3.63) is 42.0 Å². The van der Waals surface area contributed by atoms with Crippen molar-refractivity contribution in [3.8, 4) is 23.0 Å². The van der Waals surface area contributed by atoms with Crippen LogP contribution in [-0.4, -0.2) is 59.3 Å². The molecule has 0 fully saturated rings. The number of amides is 2. The standard InChI is InChI=1S/C23H24F2N2O8/c1-31-14-11-18(33-3)15(19(12-14)34-4)7-9-20(28)26-13-6-8-17(32-2)16(10-13)27-21(29)23(24,25)22(30)35-5/h6-12H,1-5H3,(H,26,28)(H,27,29)/b9-7+. The predicted octanol–water partition coefficient (Wildman–Crippen LogP) is 3.12. The van der Waals surface area contributed by atoms with Gasteiger partial charge in [-0.05, 0) is 24.3 Å². The smallest absolute Gasteiger partial charge is 0.419 e. The van der Waals surface area contributed by atoms with Gasteiger partial charge in [0.1, 0.15) is 23.0 Å². The van der Waals surface area contributed by atoms with Crippen molar-refractivity contribution >= 4 is 35.2 Å². The third-order valence-electron chi connectivity index (χ3n) is 4.60. The number of carbonyl (C=O) groups is 3. The van der Waals surface area contributed by atoms with E-state index in [4.69, 9.17) is 18.9 Å². The third kappa shape index (κ3) is 6.37. The normalized spacial score (nSPS) is 10.9. The van der Waals surface area contributed by atoms with Gasteiger partial charge in [0.2, 0.25) is 5.91 Å². The summed E-state index contributed by atoms with van der Waals surface area (Å²) in [6.07, 6.45) is 2.65. The number of rotatable bonds is 10. The van der Waals surface area contributed by atoms with Gasteiger partial charge in [-0.3, -0.25) is 9.59 Å². The number of methoxy groups -OCH3 is 5. The van der Waals surface area contributed by atoms with Gasteiger partial charge < -0.3 is 34.3 Å². The molecule has 2 aromatic carbocycles. The average Bonchev–Trinajstić information content (AvgIpc) is 2.86. The van der Waals surface area contributed by atoms with E-state index < -0.39 is 23.7 Å². The van der Waals surface area contributed by atoms with Gasteiger partial charge in [-0.1, -0.05) is 0 Å². The minimum Gasteiger partial charge on any atom is -0.496 e. The Hall–Kier alpha value is -4.35. The summed E-state index contributed by atoms with van der Waals surface area (Å²) in [5.74, 6) is -7.67. The van der Waals surface area contributed by atoms with Crippen molar-refractivity contribution in [2.45, 2.75) is 5.92 Å². The number of alkyl halides is 2. The lowest BCUT2D eigenvalue weighted by molar-refractivity contribution is -0.173. The van der Waals surface area contributed by atoms with Crippen molar-refractivity contribution in [1.29, 1.82) is 0 Å². The maximum absolute atomic E-state index is 13.8. The van der Waals surface area contributed by atoms with E-state index in [0.717, 1.165) is 7.11 Å². The number of hydrogen-bond donors (Lipinski definition) is 2. The van der Waals surface area contributed by atoms with Gasteiger partial charge in [0, 0.05) is 23.9 Å². The Kier molecular flexibility index (Phi) is 8.98. The lowest BCUT2D eigenvalue weighted by atomic mass is 10.1. The van der Waals surface area contributed by atoms with Gasteiger partial charge in [-0.15, -0.1) is 0 Å². The molecule has 12 heteroatoms. The molecule has 0 aliphatic heterocycles. The van der Waals surface area contributed by atoms with E-state index in [1.165, 1.54) is 58.8 Å². The summed E-state index contributed by atoms with van der Waals surface area (Å²) in [4.78, 5) is 35.6. The molecule has 35 heavy (non-hydrogen) atoms. The average molecular weight is 494 g/mol. The molecule has 0 atom stereocenters. The van der Waals surface area contributed by atoms with Crippen molar-refractivity contribution < 1.29 is 46.8 Å². The van der Waals surface area contributed by atoms with Crippen molar-refractivity contribution in [3.63, 3.8) is 0 Å². The zero-order valence-corrected chi connectivity index (χ0v) is 19.6. The summed E-state index contributed by atoms with van der Waals surface area (Å²) in [6.45, 7) is 0. The predicted molar refractivity (Wildman–Crippen MR) is 122 cm³/mol. The van der Waals surface area contributed by atoms with Crippen LogP contribution in [0.15, 0.2) is 36.4 Å². The highest BCUT2D eigenvalue weighted by Crippen LogP contribution is 2.35. The van der Waals surface area contributed by atoms with Crippen LogP contribution in [-0.2, 0) is 19.1 Å². The topological polar surface area (TPSA) is 121 Å². The van der Waals surface area contributed by atoms with Crippen LogP contribution in [0.1, 0.15) is 5.56 Å². The maximum atomic E-state index is 13.8. The molecule has 188 valence electrons. The Bertz CT molecular complexity index is 1110. The van der Waals surface area contributed by atoms with E-state index in [-0.39, 0.29) is 17.1 Å². The Balaban J connectivity index is 2.25. The molecule has 2 amide bonds. The molecule has 0 radical (unpaired) electrons. The third-order valence-corrected chi connectivity index (χ3v) is 4.60. The monoisotopic (exact) mass is 494 g/mol. The quantitative estimate of drug-likeness (QED) is 0.294. The molecular weight excluding hydrogens is 470 g/mol. The zero-order chi connectivity index (χ0) is 26.2. The van der Waals surface area contributed by atoms with Gasteiger partial charge >= 0.3 is 17.8 Å². The molecule has 0 saturated heterocycles. The lowest BCUT2D eigenvalue weighted by Gasteiger charge is -2.16. The van der Waals surface area contributed by atoms with Crippen molar-refractivity contribution in [1.82, 2.24) is 0 Å². The molecule has 0 aliphatic rings. The number of carbonyl (C=O) groups excluding carboxylic acids is 3. The van der Waals surface area contributed by atoms with Crippen LogP contribution in [0.2, 0.25) is 0 Å². The van der Waals surface area contributed by atoms with Gasteiger partial charge in [-0.2, -0.15) is 8.78 Å². The molecule has 2 aromatic rings. The highest BCUT2D eigenvalue weighted by Gasteiger charge is 2.49. The SMILES string of the molecule is COC(=O)C(F)(F)C(=O)Nc1cc(NC(=O)/C=C/c2c(OC)cc(OC)cc2OC)ccc1OC. The lowest BCUT2D eigenvalue weighted by Crippen LogP contribution is -2.42.